The van der Waals surface area contributed by atoms with Gasteiger partial charge in [0.2, 0.25) is 0 Å². The normalized spacial score (nSPS) is 11.1. The molecule has 0 aliphatic heterocycles. The van der Waals surface area contributed by atoms with Crippen molar-refractivity contribution in [2.45, 2.75) is 13.8 Å². The predicted octanol–water partition coefficient (Wildman–Crippen LogP) is 3.78. The average molecular weight is 302 g/mol. The van der Waals surface area contributed by atoms with E-state index in [4.69, 9.17) is 0 Å². The Labute approximate surface area is 114 Å². The molecule has 0 spiro atoms. The molecule has 3 heterocycles. The van der Waals surface area contributed by atoms with Crippen LogP contribution >= 0.6 is 15.9 Å². The molecule has 3 aromatic rings. The van der Waals surface area contributed by atoms with E-state index in [0.29, 0.717) is 0 Å². The molecule has 0 bridgehead atoms. The van der Waals surface area contributed by atoms with Crippen LogP contribution in [-0.4, -0.2) is 14.4 Å². The van der Waals surface area contributed by atoms with Crippen molar-refractivity contribution in [2.75, 3.05) is 0 Å². The van der Waals surface area contributed by atoms with E-state index in [2.05, 4.69) is 56.4 Å². The van der Waals surface area contributed by atoms with Crippen molar-refractivity contribution in [3.05, 3.63) is 52.4 Å². The number of fused-ring (bicyclic) bond motifs is 1. The number of hydrogen-bond acceptors (Lipinski definition) is 2. The van der Waals surface area contributed by atoms with Gasteiger partial charge in [0.05, 0.1) is 17.6 Å². The molecule has 0 saturated carbocycles. The van der Waals surface area contributed by atoms with Crippen molar-refractivity contribution in [3.8, 4) is 11.4 Å². The first kappa shape index (κ1) is 11.4. The van der Waals surface area contributed by atoms with E-state index < -0.39 is 0 Å². The Kier molecular flexibility index (Phi) is 2.67. The van der Waals surface area contributed by atoms with E-state index in [1.165, 1.54) is 11.1 Å². The monoisotopic (exact) mass is 301 g/mol. The lowest BCUT2D eigenvalue weighted by Crippen LogP contribution is -1.93. The Bertz CT molecular complexity index is 731. The molecule has 4 heteroatoms. The third-order valence-corrected chi connectivity index (χ3v) is 3.54. The largest absolute Gasteiger partial charge is 0.298 e. The highest BCUT2D eigenvalue weighted by Crippen LogP contribution is 2.22. The first-order chi connectivity index (χ1) is 8.65. The SMILES string of the molecule is Cc1cc2ncc(-c3cccc(Br)n3)n2cc1C. The van der Waals surface area contributed by atoms with Crippen molar-refractivity contribution >= 4 is 21.6 Å². The molecular weight excluding hydrogens is 290 g/mol. The summed E-state index contributed by atoms with van der Waals surface area (Å²) < 4.78 is 2.91. The number of nitrogens with zero attached hydrogens (tertiary/aromatic N) is 3. The van der Waals surface area contributed by atoms with E-state index >= 15 is 0 Å². The van der Waals surface area contributed by atoms with E-state index in [9.17, 15) is 0 Å². The summed E-state index contributed by atoms with van der Waals surface area (Å²) in [6, 6.07) is 7.98. The minimum atomic E-state index is 0.832. The van der Waals surface area contributed by atoms with Gasteiger partial charge in [-0.1, -0.05) is 6.07 Å². The van der Waals surface area contributed by atoms with Crippen molar-refractivity contribution in [3.63, 3.8) is 0 Å². The molecule has 0 atom stereocenters. The van der Waals surface area contributed by atoms with Crippen molar-refractivity contribution < 1.29 is 0 Å². The molecule has 0 N–H and O–H groups in total. The van der Waals surface area contributed by atoms with Gasteiger partial charge in [0.25, 0.3) is 0 Å². The van der Waals surface area contributed by atoms with Gasteiger partial charge >= 0.3 is 0 Å². The number of imidazole rings is 1. The lowest BCUT2D eigenvalue weighted by atomic mass is 10.2. The molecule has 90 valence electrons. The Morgan fingerprint density at radius 2 is 2.00 bits per heavy atom. The van der Waals surface area contributed by atoms with Gasteiger partial charge in [-0.3, -0.25) is 4.40 Å². The zero-order chi connectivity index (χ0) is 12.7. The summed E-state index contributed by atoms with van der Waals surface area (Å²) in [5, 5.41) is 0. The summed E-state index contributed by atoms with van der Waals surface area (Å²) in [6.45, 7) is 4.20. The number of halogens is 1. The minimum Gasteiger partial charge on any atom is -0.298 e. The van der Waals surface area contributed by atoms with Crippen LogP contribution in [0.25, 0.3) is 17.0 Å². The van der Waals surface area contributed by atoms with Crippen LogP contribution in [0.3, 0.4) is 0 Å². The second-order valence-corrected chi connectivity index (χ2v) is 5.17. The first-order valence-electron chi connectivity index (χ1n) is 5.72. The summed E-state index contributed by atoms with van der Waals surface area (Å²) in [6.07, 6.45) is 3.97. The fourth-order valence-electron chi connectivity index (χ4n) is 1.96. The maximum atomic E-state index is 4.47. The number of pyridine rings is 2. The third kappa shape index (κ3) is 1.82. The minimum absolute atomic E-state index is 0.832. The molecule has 3 aromatic heterocycles. The van der Waals surface area contributed by atoms with E-state index in [-0.39, 0.29) is 0 Å². The van der Waals surface area contributed by atoms with Crippen LogP contribution < -0.4 is 0 Å². The van der Waals surface area contributed by atoms with Crippen molar-refractivity contribution in [1.82, 2.24) is 14.4 Å². The Morgan fingerprint density at radius 3 is 2.78 bits per heavy atom. The van der Waals surface area contributed by atoms with Crippen LogP contribution in [-0.2, 0) is 0 Å². The molecule has 0 amide bonds. The summed E-state index contributed by atoms with van der Waals surface area (Å²) >= 11 is 3.40. The van der Waals surface area contributed by atoms with E-state index in [0.717, 1.165) is 21.6 Å². The molecule has 0 aliphatic rings. The van der Waals surface area contributed by atoms with Gasteiger partial charge in [-0.15, -0.1) is 0 Å². The maximum Gasteiger partial charge on any atom is 0.137 e. The Hall–Kier alpha value is -1.68. The number of hydrogen-bond donors (Lipinski definition) is 0. The third-order valence-electron chi connectivity index (χ3n) is 3.09. The van der Waals surface area contributed by atoms with Gasteiger partial charge < -0.3 is 0 Å². The van der Waals surface area contributed by atoms with Crippen LogP contribution in [0.1, 0.15) is 11.1 Å². The molecule has 3 nitrogen and oxygen atoms in total. The highest BCUT2D eigenvalue weighted by molar-refractivity contribution is 9.10. The molecule has 0 aromatic carbocycles. The molecule has 0 fully saturated rings. The predicted molar refractivity (Wildman–Crippen MR) is 75.6 cm³/mol. The smallest absolute Gasteiger partial charge is 0.137 e. The van der Waals surface area contributed by atoms with E-state index in [1.54, 1.807) is 0 Å². The lowest BCUT2D eigenvalue weighted by molar-refractivity contribution is 1.12. The Balaban J connectivity index is 2.27. The van der Waals surface area contributed by atoms with Crippen molar-refractivity contribution in [1.29, 1.82) is 0 Å². The highest BCUT2D eigenvalue weighted by atomic mass is 79.9. The summed E-state index contributed by atoms with van der Waals surface area (Å²) in [5.41, 5.74) is 5.38. The van der Waals surface area contributed by atoms with Gasteiger partial charge in [-0.05, 0) is 59.1 Å². The van der Waals surface area contributed by atoms with Crippen LogP contribution in [0, 0.1) is 13.8 Å². The summed E-state index contributed by atoms with van der Waals surface area (Å²) in [5.74, 6) is 0. The highest BCUT2D eigenvalue weighted by Gasteiger charge is 2.08. The number of aryl methyl sites for hydroxylation is 2. The molecule has 0 saturated heterocycles. The van der Waals surface area contributed by atoms with Gasteiger partial charge in [-0.2, -0.15) is 0 Å². The standard InChI is InChI=1S/C14H12BrN3/c1-9-6-14-16-7-12(18(14)8-10(9)2)11-4-3-5-13(15)17-11/h3-8H,1-2H3. The molecule has 0 unspecified atom stereocenters. The molecule has 0 aliphatic carbocycles. The van der Waals surface area contributed by atoms with Crippen LogP contribution in [0.4, 0.5) is 0 Å². The summed E-state index contributed by atoms with van der Waals surface area (Å²) in [7, 11) is 0. The molecule has 0 radical (unpaired) electrons. The fourth-order valence-corrected chi connectivity index (χ4v) is 2.30. The van der Waals surface area contributed by atoms with Gasteiger partial charge in [0, 0.05) is 6.20 Å². The first-order valence-corrected chi connectivity index (χ1v) is 6.52. The molecular formula is C14H12BrN3. The number of rotatable bonds is 1. The van der Waals surface area contributed by atoms with Gasteiger partial charge in [0.15, 0.2) is 0 Å². The van der Waals surface area contributed by atoms with Crippen molar-refractivity contribution in [2.24, 2.45) is 0 Å². The summed E-state index contributed by atoms with van der Waals surface area (Å²) in [4.78, 5) is 8.91. The van der Waals surface area contributed by atoms with Gasteiger partial charge in [0.1, 0.15) is 10.3 Å². The zero-order valence-corrected chi connectivity index (χ0v) is 11.8. The number of aromatic nitrogens is 3. The van der Waals surface area contributed by atoms with Crippen LogP contribution in [0.15, 0.2) is 41.3 Å². The maximum absolute atomic E-state index is 4.47. The van der Waals surface area contributed by atoms with Crippen LogP contribution in [0.5, 0.6) is 0 Å². The molecule has 3 rings (SSSR count). The fraction of sp³-hybridized carbons (Fsp3) is 0.143. The Morgan fingerprint density at radius 1 is 1.17 bits per heavy atom. The zero-order valence-electron chi connectivity index (χ0n) is 10.2. The average Bonchev–Trinajstić information content (AvgIpc) is 2.73. The topological polar surface area (TPSA) is 30.2 Å². The van der Waals surface area contributed by atoms with Gasteiger partial charge in [-0.25, -0.2) is 9.97 Å². The van der Waals surface area contributed by atoms with E-state index in [1.807, 2.05) is 24.4 Å². The van der Waals surface area contributed by atoms with Crippen LogP contribution in [0.2, 0.25) is 0 Å². The quantitative estimate of drug-likeness (QED) is 0.640. The lowest BCUT2D eigenvalue weighted by Gasteiger charge is -2.05. The second-order valence-electron chi connectivity index (χ2n) is 4.36. The molecule has 18 heavy (non-hydrogen) atoms. The second kappa shape index (κ2) is 4.21.